The van der Waals surface area contributed by atoms with Gasteiger partial charge in [-0.3, -0.25) is 15.1 Å². The largest absolute Gasteiger partial charge is 0.361 e. The number of fused-ring (bicyclic) bond motifs is 2. The van der Waals surface area contributed by atoms with Crippen LogP contribution in [0.2, 0.25) is 0 Å². The molecule has 37 heavy (non-hydrogen) atoms. The molecule has 1 atom stereocenters. The maximum atomic E-state index is 4.73. The molecule has 7 rings (SSSR count). The standard InChI is InChI=1S/C30H31N7/c1-2-8-21(7-1)23-9-10-32-30-24(23)15-27(34-30)29-25-16-26(33-19-28(25)35-36-29)22-14-20(17-31-18-22)6-5-13-37-11-3-4-12-37/h1,7-10,14,16-19,27H,2-6,11-13,15H2,(H,32,34)(H,35,36). The van der Waals surface area contributed by atoms with Gasteiger partial charge in [-0.25, -0.2) is 4.98 Å². The van der Waals surface area contributed by atoms with Gasteiger partial charge in [-0.05, 0) is 86.6 Å². The average Bonchev–Trinajstić information content (AvgIpc) is 3.74. The molecule has 0 radical (unpaired) electrons. The summed E-state index contributed by atoms with van der Waals surface area (Å²) in [5.74, 6) is 0.964. The SMILES string of the molecule is C1=CC(c2ccnc3c2CC(c2[nH]nc4cnc(-c5cncc(CCCN6CCCC6)c5)cc24)N3)=CC1. The van der Waals surface area contributed by atoms with Crippen LogP contribution in [0.25, 0.3) is 27.7 Å². The van der Waals surface area contributed by atoms with Crippen LogP contribution in [0.15, 0.2) is 61.2 Å². The lowest BCUT2D eigenvalue weighted by molar-refractivity contribution is 0.334. The molecule has 4 aromatic heterocycles. The van der Waals surface area contributed by atoms with Crippen molar-refractivity contribution in [2.75, 3.05) is 25.0 Å². The Morgan fingerprint density at radius 3 is 2.89 bits per heavy atom. The second kappa shape index (κ2) is 9.56. The number of aromatic amines is 1. The number of pyridine rings is 3. The van der Waals surface area contributed by atoms with Gasteiger partial charge < -0.3 is 10.2 Å². The summed E-state index contributed by atoms with van der Waals surface area (Å²) >= 11 is 0. The third-order valence-electron chi connectivity index (χ3n) is 7.90. The predicted octanol–water partition coefficient (Wildman–Crippen LogP) is 5.50. The monoisotopic (exact) mass is 489 g/mol. The highest BCUT2D eigenvalue weighted by atomic mass is 15.2. The fourth-order valence-electron chi connectivity index (χ4n) is 5.98. The van der Waals surface area contributed by atoms with Gasteiger partial charge in [0, 0.05) is 41.5 Å². The second-order valence-electron chi connectivity index (χ2n) is 10.3. The lowest BCUT2D eigenvalue weighted by atomic mass is 9.98. The first-order valence-electron chi connectivity index (χ1n) is 13.4. The van der Waals surface area contributed by atoms with Crippen molar-refractivity contribution in [1.82, 2.24) is 30.0 Å². The highest BCUT2D eigenvalue weighted by Gasteiger charge is 2.29. The van der Waals surface area contributed by atoms with Crippen LogP contribution in [0, 0.1) is 0 Å². The topological polar surface area (TPSA) is 82.6 Å². The van der Waals surface area contributed by atoms with Gasteiger partial charge in [0.25, 0.3) is 0 Å². The van der Waals surface area contributed by atoms with E-state index in [4.69, 9.17) is 4.98 Å². The Morgan fingerprint density at radius 1 is 1.05 bits per heavy atom. The van der Waals surface area contributed by atoms with E-state index in [2.05, 4.69) is 66.8 Å². The van der Waals surface area contributed by atoms with E-state index < -0.39 is 0 Å². The third-order valence-corrected chi connectivity index (χ3v) is 7.90. The Kier molecular flexibility index (Phi) is 5.78. The summed E-state index contributed by atoms with van der Waals surface area (Å²) in [6.07, 6.45) is 21.1. The number of nitrogens with one attached hydrogen (secondary N) is 2. The molecule has 1 saturated heterocycles. The Labute approximate surface area is 216 Å². The van der Waals surface area contributed by atoms with Crippen LogP contribution in [-0.2, 0) is 12.8 Å². The van der Waals surface area contributed by atoms with Gasteiger partial charge in [-0.2, -0.15) is 5.10 Å². The van der Waals surface area contributed by atoms with Crippen LogP contribution >= 0.6 is 0 Å². The Morgan fingerprint density at radius 2 is 2.00 bits per heavy atom. The Bertz CT molecular complexity index is 1510. The van der Waals surface area contributed by atoms with Crippen molar-refractivity contribution in [3.63, 3.8) is 0 Å². The van der Waals surface area contributed by atoms with Crippen molar-refractivity contribution < 1.29 is 0 Å². The minimum atomic E-state index is 0.0879. The molecule has 6 heterocycles. The molecule has 0 spiro atoms. The number of allylic oxidation sites excluding steroid dienone is 4. The molecule has 7 heteroatoms. The zero-order chi connectivity index (χ0) is 24.6. The quantitative estimate of drug-likeness (QED) is 0.357. The molecule has 2 aliphatic heterocycles. The fraction of sp³-hybridized carbons (Fsp3) is 0.333. The molecule has 2 N–H and O–H groups in total. The molecule has 0 bridgehead atoms. The highest BCUT2D eigenvalue weighted by molar-refractivity contribution is 5.86. The summed E-state index contributed by atoms with van der Waals surface area (Å²) in [6, 6.07) is 6.61. The molecule has 1 unspecified atom stereocenters. The minimum Gasteiger partial charge on any atom is -0.361 e. The van der Waals surface area contributed by atoms with Gasteiger partial charge in [0.15, 0.2) is 0 Å². The molecule has 7 nitrogen and oxygen atoms in total. The number of likely N-dealkylation sites (tertiary alicyclic amines) is 1. The molecule has 4 aromatic rings. The van der Waals surface area contributed by atoms with Crippen LogP contribution in [0.5, 0.6) is 0 Å². The predicted molar refractivity (Wildman–Crippen MR) is 147 cm³/mol. The third kappa shape index (κ3) is 4.33. The van der Waals surface area contributed by atoms with Crippen molar-refractivity contribution in [2.45, 2.75) is 44.6 Å². The summed E-state index contributed by atoms with van der Waals surface area (Å²) in [7, 11) is 0. The van der Waals surface area contributed by atoms with E-state index in [1.54, 1.807) is 0 Å². The number of H-pyrrole nitrogens is 1. The van der Waals surface area contributed by atoms with Crippen molar-refractivity contribution in [2.24, 2.45) is 0 Å². The maximum Gasteiger partial charge on any atom is 0.130 e. The molecular formula is C30H31N7. The Hall–Kier alpha value is -3.84. The van der Waals surface area contributed by atoms with Crippen molar-refractivity contribution in [3.8, 4) is 11.3 Å². The molecule has 0 saturated carbocycles. The van der Waals surface area contributed by atoms with Gasteiger partial charge in [0.05, 0.1) is 23.6 Å². The number of rotatable bonds is 7. The minimum absolute atomic E-state index is 0.0879. The summed E-state index contributed by atoms with van der Waals surface area (Å²) < 4.78 is 0. The van der Waals surface area contributed by atoms with E-state index in [1.165, 1.54) is 61.2 Å². The van der Waals surface area contributed by atoms with Gasteiger partial charge in [-0.1, -0.05) is 18.2 Å². The van der Waals surface area contributed by atoms with Crippen molar-refractivity contribution >= 4 is 22.3 Å². The van der Waals surface area contributed by atoms with Crippen LogP contribution in [0.1, 0.15) is 54.1 Å². The van der Waals surface area contributed by atoms with E-state index in [-0.39, 0.29) is 6.04 Å². The molecule has 1 fully saturated rings. The van der Waals surface area contributed by atoms with Crippen LogP contribution in [0.3, 0.4) is 0 Å². The number of hydrogen-bond acceptors (Lipinski definition) is 6. The summed E-state index contributed by atoms with van der Waals surface area (Å²) in [4.78, 5) is 16.5. The maximum absolute atomic E-state index is 4.73. The van der Waals surface area contributed by atoms with Gasteiger partial charge in [0.2, 0.25) is 0 Å². The number of aromatic nitrogens is 5. The Balaban J connectivity index is 1.13. The van der Waals surface area contributed by atoms with E-state index in [0.717, 1.165) is 52.9 Å². The number of hydrogen-bond donors (Lipinski definition) is 2. The van der Waals surface area contributed by atoms with E-state index >= 15 is 0 Å². The zero-order valence-electron chi connectivity index (χ0n) is 21.0. The number of nitrogens with zero attached hydrogens (tertiary/aromatic N) is 5. The normalized spacial score (nSPS) is 18.9. The van der Waals surface area contributed by atoms with Crippen LogP contribution in [-0.4, -0.2) is 49.7 Å². The summed E-state index contributed by atoms with van der Waals surface area (Å²) in [5.41, 5.74) is 9.04. The lowest BCUT2D eigenvalue weighted by Crippen LogP contribution is -2.20. The van der Waals surface area contributed by atoms with Crippen LogP contribution < -0.4 is 5.32 Å². The summed E-state index contributed by atoms with van der Waals surface area (Å²) in [6.45, 7) is 3.68. The fourth-order valence-corrected chi connectivity index (χ4v) is 5.98. The van der Waals surface area contributed by atoms with Gasteiger partial charge >= 0.3 is 0 Å². The summed E-state index contributed by atoms with van der Waals surface area (Å²) in [5, 5.41) is 12.6. The smallest absolute Gasteiger partial charge is 0.130 e. The molecule has 0 amide bonds. The molecule has 0 aromatic carbocycles. The van der Waals surface area contributed by atoms with Gasteiger partial charge in [0.1, 0.15) is 11.3 Å². The highest BCUT2D eigenvalue weighted by Crippen LogP contribution is 2.39. The lowest BCUT2D eigenvalue weighted by Gasteiger charge is -2.14. The second-order valence-corrected chi connectivity index (χ2v) is 10.3. The molecular weight excluding hydrogens is 458 g/mol. The van der Waals surface area contributed by atoms with E-state index in [1.807, 2.05) is 24.8 Å². The first-order valence-corrected chi connectivity index (χ1v) is 13.4. The van der Waals surface area contributed by atoms with Crippen LogP contribution in [0.4, 0.5) is 5.82 Å². The number of aryl methyl sites for hydroxylation is 1. The first-order chi connectivity index (χ1) is 18.3. The average molecular weight is 490 g/mol. The van der Waals surface area contributed by atoms with E-state index in [0.29, 0.717) is 0 Å². The van der Waals surface area contributed by atoms with Crippen molar-refractivity contribution in [3.05, 3.63) is 83.6 Å². The molecule has 3 aliphatic rings. The molecule has 186 valence electrons. The number of anilines is 1. The molecule has 1 aliphatic carbocycles. The van der Waals surface area contributed by atoms with Crippen molar-refractivity contribution in [1.29, 1.82) is 0 Å². The van der Waals surface area contributed by atoms with Gasteiger partial charge in [-0.15, -0.1) is 0 Å². The van der Waals surface area contributed by atoms with E-state index in [9.17, 15) is 0 Å². The zero-order valence-corrected chi connectivity index (χ0v) is 21.0. The first kappa shape index (κ1) is 22.4.